The second-order valence-corrected chi connectivity index (χ2v) is 8.74. The van der Waals surface area contributed by atoms with Gasteiger partial charge >= 0.3 is 0 Å². The number of H-pyrrole nitrogens is 1. The van der Waals surface area contributed by atoms with Gasteiger partial charge < -0.3 is 14.8 Å². The average molecular weight is 441 g/mol. The van der Waals surface area contributed by atoms with E-state index in [0.29, 0.717) is 62.5 Å². The highest BCUT2D eigenvalue weighted by Crippen LogP contribution is 2.30. The highest BCUT2D eigenvalue weighted by Gasteiger charge is 2.31. The first kappa shape index (κ1) is 22.2. The Labute approximate surface area is 187 Å². The molecule has 0 aliphatic carbocycles. The molecule has 1 saturated heterocycles. The second kappa shape index (κ2) is 9.67. The SMILES string of the molecule is CCCC(=O)N1CCc2c(nc([C@H]3CCCCN3C(=O)CCn3nccc3C)[nH]c2=O)C1. The molecule has 9 nitrogen and oxygen atoms in total. The third-order valence-corrected chi connectivity index (χ3v) is 6.51. The largest absolute Gasteiger partial charge is 0.336 e. The predicted molar refractivity (Wildman–Crippen MR) is 119 cm³/mol. The van der Waals surface area contributed by atoms with Gasteiger partial charge in [0, 0.05) is 49.9 Å². The van der Waals surface area contributed by atoms with Crippen LogP contribution in [0.5, 0.6) is 0 Å². The minimum atomic E-state index is -0.241. The highest BCUT2D eigenvalue weighted by molar-refractivity contribution is 5.77. The van der Waals surface area contributed by atoms with Gasteiger partial charge in [-0.25, -0.2) is 4.98 Å². The lowest BCUT2D eigenvalue weighted by Crippen LogP contribution is -2.42. The van der Waals surface area contributed by atoms with Gasteiger partial charge in [-0.1, -0.05) is 6.92 Å². The zero-order chi connectivity index (χ0) is 22.7. The second-order valence-electron chi connectivity index (χ2n) is 8.74. The normalized spacial score (nSPS) is 18.5. The van der Waals surface area contributed by atoms with Gasteiger partial charge in [0.05, 0.1) is 18.3 Å². The lowest BCUT2D eigenvalue weighted by molar-refractivity contribution is -0.135. The number of nitrogens with one attached hydrogen (secondary N) is 1. The topological polar surface area (TPSA) is 104 Å². The molecule has 172 valence electrons. The number of hydrogen-bond acceptors (Lipinski definition) is 5. The number of aromatic nitrogens is 4. The Kier molecular flexibility index (Phi) is 6.72. The number of aryl methyl sites for hydroxylation is 2. The fourth-order valence-electron chi connectivity index (χ4n) is 4.69. The van der Waals surface area contributed by atoms with E-state index in [9.17, 15) is 14.4 Å². The number of piperidine rings is 1. The van der Waals surface area contributed by atoms with E-state index < -0.39 is 0 Å². The van der Waals surface area contributed by atoms with Crippen LogP contribution >= 0.6 is 0 Å². The molecule has 2 aromatic heterocycles. The van der Waals surface area contributed by atoms with Crippen LogP contribution in [0.1, 0.15) is 74.3 Å². The van der Waals surface area contributed by atoms with Crippen LogP contribution in [0.4, 0.5) is 0 Å². The molecule has 0 bridgehead atoms. The van der Waals surface area contributed by atoms with E-state index in [1.54, 1.807) is 11.1 Å². The molecule has 4 rings (SSSR count). The Morgan fingerprint density at radius 2 is 2.03 bits per heavy atom. The first-order valence-electron chi connectivity index (χ1n) is 11.7. The maximum absolute atomic E-state index is 13.1. The highest BCUT2D eigenvalue weighted by atomic mass is 16.2. The summed E-state index contributed by atoms with van der Waals surface area (Å²) >= 11 is 0. The number of hydrogen-bond donors (Lipinski definition) is 1. The Hall–Kier alpha value is -2.97. The number of carbonyl (C=O) groups is 2. The summed E-state index contributed by atoms with van der Waals surface area (Å²) in [6.07, 6.45) is 6.61. The van der Waals surface area contributed by atoms with E-state index in [1.165, 1.54) is 0 Å². The van der Waals surface area contributed by atoms with Crippen LogP contribution in [0.25, 0.3) is 0 Å². The molecule has 0 aromatic carbocycles. The van der Waals surface area contributed by atoms with E-state index in [1.807, 2.05) is 29.5 Å². The summed E-state index contributed by atoms with van der Waals surface area (Å²) in [5, 5.41) is 4.26. The molecule has 2 amide bonds. The van der Waals surface area contributed by atoms with Crippen molar-refractivity contribution in [1.82, 2.24) is 29.5 Å². The van der Waals surface area contributed by atoms with Crippen molar-refractivity contribution in [3.8, 4) is 0 Å². The number of rotatable bonds is 6. The number of aromatic amines is 1. The number of fused-ring (bicyclic) bond motifs is 1. The molecule has 1 N–H and O–H groups in total. The van der Waals surface area contributed by atoms with Gasteiger partial charge in [-0.15, -0.1) is 0 Å². The van der Waals surface area contributed by atoms with Crippen molar-refractivity contribution in [2.45, 2.75) is 77.9 Å². The lowest BCUT2D eigenvalue weighted by Gasteiger charge is -2.36. The van der Waals surface area contributed by atoms with Gasteiger partial charge in [-0.2, -0.15) is 5.10 Å². The van der Waals surface area contributed by atoms with Crippen molar-refractivity contribution in [2.75, 3.05) is 13.1 Å². The van der Waals surface area contributed by atoms with Gasteiger partial charge in [-0.05, 0) is 45.1 Å². The van der Waals surface area contributed by atoms with E-state index >= 15 is 0 Å². The summed E-state index contributed by atoms with van der Waals surface area (Å²) in [6.45, 7) is 6.06. The predicted octanol–water partition coefficient (Wildman–Crippen LogP) is 2.10. The summed E-state index contributed by atoms with van der Waals surface area (Å²) in [5.41, 5.74) is 2.22. The van der Waals surface area contributed by atoms with Crippen LogP contribution < -0.4 is 5.56 Å². The molecule has 0 spiro atoms. The molecule has 0 radical (unpaired) electrons. The zero-order valence-corrected chi connectivity index (χ0v) is 19.0. The molecule has 4 heterocycles. The fourth-order valence-corrected chi connectivity index (χ4v) is 4.69. The molecular weight excluding hydrogens is 408 g/mol. The lowest BCUT2D eigenvalue weighted by atomic mass is 9.99. The molecule has 2 aliphatic rings. The summed E-state index contributed by atoms with van der Waals surface area (Å²) in [7, 11) is 0. The Balaban J connectivity index is 1.53. The maximum atomic E-state index is 13.1. The van der Waals surface area contributed by atoms with Gasteiger partial charge in [0.1, 0.15) is 5.82 Å². The maximum Gasteiger partial charge on any atom is 0.254 e. The molecule has 2 aliphatic heterocycles. The number of carbonyl (C=O) groups excluding carboxylic acids is 2. The third-order valence-electron chi connectivity index (χ3n) is 6.51. The van der Waals surface area contributed by atoms with Crippen molar-refractivity contribution in [3.63, 3.8) is 0 Å². The van der Waals surface area contributed by atoms with Crippen LogP contribution in [-0.4, -0.2) is 54.5 Å². The molecule has 2 aromatic rings. The average Bonchev–Trinajstić information content (AvgIpc) is 3.21. The Morgan fingerprint density at radius 3 is 2.78 bits per heavy atom. The summed E-state index contributed by atoms with van der Waals surface area (Å²) in [5.74, 6) is 0.691. The quantitative estimate of drug-likeness (QED) is 0.741. The molecule has 1 fully saturated rings. The molecule has 0 unspecified atom stereocenters. The van der Waals surface area contributed by atoms with Crippen molar-refractivity contribution in [1.29, 1.82) is 0 Å². The van der Waals surface area contributed by atoms with E-state index in [0.717, 1.165) is 31.4 Å². The van der Waals surface area contributed by atoms with E-state index in [-0.39, 0.29) is 23.4 Å². The molecule has 1 atom stereocenters. The van der Waals surface area contributed by atoms with Gasteiger partial charge in [0.2, 0.25) is 11.8 Å². The number of nitrogens with zero attached hydrogens (tertiary/aromatic N) is 5. The first-order chi connectivity index (χ1) is 15.5. The monoisotopic (exact) mass is 440 g/mol. The van der Waals surface area contributed by atoms with Gasteiger partial charge in [-0.3, -0.25) is 19.1 Å². The van der Waals surface area contributed by atoms with Crippen LogP contribution in [0.3, 0.4) is 0 Å². The summed E-state index contributed by atoms with van der Waals surface area (Å²) < 4.78 is 1.83. The molecular formula is C23H32N6O3. The summed E-state index contributed by atoms with van der Waals surface area (Å²) in [6, 6.07) is 1.68. The van der Waals surface area contributed by atoms with Crippen molar-refractivity contribution in [2.24, 2.45) is 0 Å². The van der Waals surface area contributed by atoms with Crippen LogP contribution in [-0.2, 0) is 29.1 Å². The van der Waals surface area contributed by atoms with Crippen LogP contribution in [0.2, 0.25) is 0 Å². The van der Waals surface area contributed by atoms with Crippen molar-refractivity contribution >= 4 is 11.8 Å². The fraction of sp³-hybridized carbons (Fsp3) is 0.609. The summed E-state index contributed by atoms with van der Waals surface area (Å²) in [4.78, 5) is 49.7. The first-order valence-corrected chi connectivity index (χ1v) is 11.7. The molecule has 32 heavy (non-hydrogen) atoms. The standard InChI is InChI=1S/C23H32N6O3/c1-3-6-20(30)27-13-9-17-18(15-27)25-22(26-23(17)32)19-7-4-5-12-28(19)21(31)10-14-29-16(2)8-11-24-29/h8,11,19H,3-7,9-10,12-15H2,1-2H3,(H,25,26,32)/t19-/m1/s1. The zero-order valence-electron chi connectivity index (χ0n) is 19.0. The number of likely N-dealkylation sites (tertiary alicyclic amines) is 1. The number of amides is 2. The van der Waals surface area contributed by atoms with Gasteiger partial charge in [0.25, 0.3) is 5.56 Å². The Morgan fingerprint density at radius 1 is 1.19 bits per heavy atom. The van der Waals surface area contributed by atoms with Crippen LogP contribution in [0, 0.1) is 6.92 Å². The Bertz CT molecular complexity index is 1040. The third kappa shape index (κ3) is 4.61. The molecule has 0 saturated carbocycles. The van der Waals surface area contributed by atoms with Crippen LogP contribution in [0.15, 0.2) is 17.1 Å². The minimum absolute atomic E-state index is 0.0460. The molecule has 9 heteroatoms. The van der Waals surface area contributed by atoms with Crippen molar-refractivity contribution < 1.29 is 9.59 Å². The smallest absolute Gasteiger partial charge is 0.254 e. The minimum Gasteiger partial charge on any atom is -0.336 e. The van der Waals surface area contributed by atoms with E-state index in [4.69, 9.17) is 4.98 Å². The van der Waals surface area contributed by atoms with E-state index in [2.05, 4.69) is 10.1 Å². The van der Waals surface area contributed by atoms with Crippen molar-refractivity contribution in [3.05, 3.63) is 45.4 Å². The van der Waals surface area contributed by atoms with Gasteiger partial charge in [0.15, 0.2) is 0 Å².